The molecule has 1 aromatic heterocycles. The first kappa shape index (κ1) is 23.0. The minimum Gasteiger partial charge on any atom is -0.477 e. The summed E-state index contributed by atoms with van der Waals surface area (Å²) in [6, 6.07) is -1.03. The van der Waals surface area contributed by atoms with Gasteiger partial charge < -0.3 is 31.0 Å². The fourth-order valence-corrected chi connectivity index (χ4v) is 4.94. The molecular formula is C16H16N6O8S2. The molecule has 16 heteroatoms. The Labute approximate surface area is 187 Å². The molecule has 3 rings (SSSR count). The number of fused-ring (bicyclic) bond motifs is 1. The van der Waals surface area contributed by atoms with Gasteiger partial charge in [0.15, 0.2) is 10.8 Å². The number of thioether (sulfide) groups is 1. The van der Waals surface area contributed by atoms with Gasteiger partial charge in [-0.25, -0.2) is 14.6 Å². The number of thiazole rings is 1. The monoisotopic (exact) mass is 484 g/mol. The van der Waals surface area contributed by atoms with Crippen molar-refractivity contribution in [3.63, 3.8) is 0 Å². The van der Waals surface area contributed by atoms with Crippen LogP contribution in [0.5, 0.6) is 0 Å². The quantitative estimate of drug-likeness (QED) is 0.144. The molecule has 0 spiro atoms. The lowest BCUT2D eigenvalue weighted by molar-refractivity contribution is -0.150. The second-order valence-electron chi connectivity index (χ2n) is 6.15. The minimum absolute atomic E-state index is 0.107. The molecule has 170 valence electrons. The molecule has 0 bridgehead atoms. The Morgan fingerprint density at radius 3 is 2.84 bits per heavy atom. The summed E-state index contributed by atoms with van der Waals surface area (Å²) in [5, 5.41) is 19.0. The molecule has 1 unspecified atom stereocenters. The van der Waals surface area contributed by atoms with Crippen LogP contribution in [0.15, 0.2) is 21.8 Å². The van der Waals surface area contributed by atoms with E-state index in [2.05, 4.69) is 30.3 Å². The number of carbonyl (C=O) groups excluding carboxylic acids is 4. The summed E-state index contributed by atoms with van der Waals surface area (Å²) < 4.78 is 4.66. The number of carboxylic acid groups (broad SMARTS) is 1. The number of oxime groups is 1. The third-order valence-electron chi connectivity index (χ3n) is 4.25. The first-order chi connectivity index (χ1) is 15.3. The number of hydrogen-bond donors (Lipinski definition) is 4. The number of nitrogens with one attached hydrogen (secondary N) is 2. The maximum Gasteiger partial charge on any atom is 0.404 e. The van der Waals surface area contributed by atoms with E-state index in [1.807, 2.05) is 0 Å². The van der Waals surface area contributed by atoms with Crippen LogP contribution in [0.2, 0.25) is 0 Å². The molecule has 2 aliphatic rings. The van der Waals surface area contributed by atoms with Crippen LogP contribution >= 0.6 is 23.1 Å². The number of aliphatic carboxylic acids is 1. The Balaban J connectivity index is 1.76. The molecule has 0 saturated carbocycles. The molecule has 1 aromatic rings. The van der Waals surface area contributed by atoms with Crippen molar-refractivity contribution in [2.75, 3.05) is 24.8 Å². The Morgan fingerprint density at radius 2 is 2.22 bits per heavy atom. The Bertz CT molecular complexity index is 1040. The molecule has 0 aliphatic carbocycles. The van der Waals surface area contributed by atoms with E-state index < -0.39 is 35.3 Å². The normalized spacial score (nSPS) is 20.1. The zero-order valence-corrected chi connectivity index (χ0v) is 17.9. The van der Waals surface area contributed by atoms with E-state index in [0.717, 1.165) is 16.2 Å². The molecule has 0 aromatic carbocycles. The van der Waals surface area contributed by atoms with Gasteiger partial charge in [0.05, 0.1) is 0 Å². The van der Waals surface area contributed by atoms with Gasteiger partial charge in [-0.1, -0.05) is 5.16 Å². The highest BCUT2D eigenvalue weighted by Crippen LogP contribution is 2.40. The number of hydrogen-bond acceptors (Lipinski definition) is 11. The van der Waals surface area contributed by atoms with Gasteiger partial charge in [0, 0.05) is 16.7 Å². The molecule has 2 aliphatic heterocycles. The molecule has 14 nitrogen and oxygen atoms in total. The van der Waals surface area contributed by atoms with Crippen LogP contribution in [0, 0.1) is 0 Å². The van der Waals surface area contributed by atoms with E-state index in [1.165, 1.54) is 24.3 Å². The highest BCUT2D eigenvalue weighted by molar-refractivity contribution is 8.00. The molecule has 0 radical (unpaired) electrons. The number of β-lactam (4-membered cyclic amide) rings is 1. The first-order valence-electron chi connectivity index (χ1n) is 8.68. The van der Waals surface area contributed by atoms with Crippen molar-refractivity contribution in [2.45, 2.75) is 11.4 Å². The van der Waals surface area contributed by atoms with Crippen LogP contribution in [0.25, 0.3) is 0 Å². The van der Waals surface area contributed by atoms with Gasteiger partial charge in [0.1, 0.15) is 36.5 Å². The maximum atomic E-state index is 12.8. The zero-order chi connectivity index (χ0) is 23.4. The summed E-state index contributed by atoms with van der Waals surface area (Å²) in [5.74, 6) is -2.68. The Kier molecular flexibility index (Phi) is 6.94. The van der Waals surface area contributed by atoms with Gasteiger partial charge in [-0.2, -0.15) is 0 Å². The number of nitrogens with zero attached hydrogens (tertiary/aromatic N) is 3. The number of rotatable bonds is 9. The predicted molar refractivity (Wildman–Crippen MR) is 111 cm³/mol. The average molecular weight is 484 g/mol. The van der Waals surface area contributed by atoms with E-state index in [4.69, 9.17) is 5.73 Å². The minimum atomic E-state index is -1.38. The first-order valence-corrected chi connectivity index (χ1v) is 10.6. The Morgan fingerprint density at radius 1 is 1.47 bits per heavy atom. The topological polar surface area (TPSA) is 203 Å². The van der Waals surface area contributed by atoms with Crippen LogP contribution in [0.3, 0.4) is 0 Å². The van der Waals surface area contributed by atoms with Gasteiger partial charge in [-0.05, 0) is 0 Å². The Hall–Kier alpha value is -3.66. The summed E-state index contributed by atoms with van der Waals surface area (Å²) in [6.07, 6.45) is -0.651. The molecule has 1 fully saturated rings. The van der Waals surface area contributed by atoms with Gasteiger partial charge in [-0.15, -0.1) is 23.1 Å². The van der Waals surface area contributed by atoms with Crippen LogP contribution in [-0.2, 0) is 28.8 Å². The largest absolute Gasteiger partial charge is 0.477 e. The van der Waals surface area contributed by atoms with Crippen LogP contribution in [0.1, 0.15) is 5.69 Å². The number of anilines is 1. The predicted octanol–water partition coefficient (Wildman–Crippen LogP) is -1.10. The summed E-state index contributed by atoms with van der Waals surface area (Å²) in [5.41, 5.74) is 4.67. The molecule has 1 saturated heterocycles. The SMILES string of the molecule is CON=C(C(=O)NC1C(=O)N2C(C(=O)O)=C(COC(N)=O)CS[C@@H]12)c1csc(NC=O)n1. The van der Waals surface area contributed by atoms with Gasteiger partial charge in [0.25, 0.3) is 11.8 Å². The molecular weight excluding hydrogens is 468 g/mol. The van der Waals surface area contributed by atoms with Gasteiger partial charge in [-0.3, -0.25) is 19.3 Å². The standard InChI is InChI=1S/C16H16N6O8S2/c1-29-21-8(7-4-32-16(19-7)18-5-23)11(24)20-9-12(25)22-10(14(26)27)6(2-30-15(17)28)3-31-13(9)22/h4-5,9,13H,2-3H2,1H3,(H2,17,28)(H,20,24)(H,26,27)(H,18,19,23)/t9?,13-/m0/s1. The van der Waals surface area contributed by atoms with Crippen molar-refractivity contribution in [1.82, 2.24) is 15.2 Å². The summed E-state index contributed by atoms with van der Waals surface area (Å²) in [7, 11) is 1.22. The third kappa shape index (κ3) is 4.50. The second-order valence-corrected chi connectivity index (χ2v) is 8.11. The van der Waals surface area contributed by atoms with Crippen molar-refractivity contribution in [3.05, 3.63) is 22.3 Å². The summed E-state index contributed by atoms with van der Waals surface area (Å²) in [4.78, 5) is 68.3. The van der Waals surface area contributed by atoms with Crippen molar-refractivity contribution in [1.29, 1.82) is 0 Å². The number of aromatic nitrogens is 1. The second kappa shape index (κ2) is 9.65. The van der Waals surface area contributed by atoms with E-state index in [-0.39, 0.29) is 40.2 Å². The highest BCUT2D eigenvalue weighted by Gasteiger charge is 2.54. The average Bonchev–Trinajstić information content (AvgIpc) is 3.21. The fraction of sp³-hybridized carbons (Fsp3) is 0.312. The van der Waals surface area contributed by atoms with Crippen molar-refractivity contribution in [2.24, 2.45) is 10.9 Å². The van der Waals surface area contributed by atoms with E-state index >= 15 is 0 Å². The summed E-state index contributed by atoms with van der Waals surface area (Å²) >= 11 is 2.23. The lowest BCUT2D eigenvalue weighted by Gasteiger charge is -2.49. The van der Waals surface area contributed by atoms with E-state index in [0.29, 0.717) is 6.41 Å². The van der Waals surface area contributed by atoms with Crippen molar-refractivity contribution in [3.8, 4) is 0 Å². The van der Waals surface area contributed by atoms with Gasteiger partial charge >= 0.3 is 12.1 Å². The van der Waals surface area contributed by atoms with E-state index in [1.54, 1.807) is 0 Å². The van der Waals surface area contributed by atoms with E-state index in [9.17, 15) is 29.1 Å². The van der Waals surface area contributed by atoms with Crippen molar-refractivity contribution >= 4 is 64.2 Å². The van der Waals surface area contributed by atoms with Crippen LogP contribution < -0.4 is 16.4 Å². The number of carboxylic acids is 1. The third-order valence-corrected chi connectivity index (χ3v) is 6.37. The van der Waals surface area contributed by atoms with Crippen molar-refractivity contribution < 1.29 is 38.7 Å². The fourth-order valence-electron chi connectivity index (χ4n) is 2.96. The maximum absolute atomic E-state index is 12.8. The molecule has 5 N–H and O–H groups in total. The smallest absolute Gasteiger partial charge is 0.404 e. The van der Waals surface area contributed by atoms with Gasteiger partial charge in [0.2, 0.25) is 6.41 Å². The number of carbonyl (C=O) groups is 5. The van der Waals surface area contributed by atoms with Crippen LogP contribution in [-0.4, -0.2) is 81.9 Å². The lowest BCUT2D eigenvalue weighted by Crippen LogP contribution is -2.71. The lowest BCUT2D eigenvalue weighted by atomic mass is 10.0. The highest BCUT2D eigenvalue weighted by atomic mass is 32.2. The summed E-state index contributed by atoms with van der Waals surface area (Å²) in [6.45, 7) is -0.372. The molecule has 32 heavy (non-hydrogen) atoms. The van der Waals surface area contributed by atoms with Crippen LogP contribution in [0.4, 0.5) is 9.93 Å². The number of primary amides is 1. The number of amides is 4. The number of ether oxygens (including phenoxy) is 1. The number of nitrogens with two attached hydrogens (primary N) is 1. The molecule has 3 heterocycles. The molecule has 2 atom stereocenters. The zero-order valence-electron chi connectivity index (χ0n) is 16.3. The molecule has 4 amide bonds.